The van der Waals surface area contributed by atoms with Crippen LogP contribution in [0.25, 0.3) is 11.0 Å². The molecule has 3 rings (SSSR count). The van der Waals surface area contributed by atoms with Crippen molar-refractivity contribution in [3.8, 4) is 0 Å². The molecule has 20 heavy (non-hydrogen) atoms. The zero-order valence-electron chi connectivity index (χ0n) is 11.0. The molecule has 0 aliphatic carbocycles. The summed E-state index contributed by atoms with van der Waals surface area (Å²) in [5.74, 6) is 0.550. The first-order chi connectivity index (χ1) is 9.72. The molecule has 1 heterocycles. The van der Waals surface area contributed by atoms with Gasteiger partial charge in [-0.05, 0) is 36.8 Å². The summed E-state index contributed by atoms with van der Waals surface area (Å²) in [5.41, 5.74) is 3.82. The maximum atomic E-state index is 12.9. The number of halogens is 1. The van der Waals surface area contributed by atoms with Crippen molar-refractivity contribution in [3.63, 3.8) is 0 Å². The van der Waals surface area contributed by atoms with Crippen LogP contribution in [0.4, 0.5) is 4.39 Å². The van der Waals surface area contributed by atoms with Gasteiger partial charge in [0.1, 0.15) is 10.8 Å². The molecule has 1 aromatic heterocycles. The number of aryl methyl sites for hydroxylation is 1. The average molecular weight is 284 g/mol. The molecule has 3 aromatic rings. The highest BCUT2D eigenvalue weighted by Crippen LogP contribution is 2.25. The largest absolute Gasteiger partial charge is 0.249 e. The molecule has 0 saturated carbocycles. The van der Waals surface area contributed by atoms with Crippen molar-refractivity contribution in [3.05, 3.63) is 65.6 Å². The van der Waals surface area contributed by atoms with Gasteiger partial charge in [-0.25, -0.2) is 14.4 Å². The van der Waals surface area contributed by atoms with Gasteiger partial charge in [0.2, 0.25) is 0 Å². The summed E-state index contributed by atoms with van der Waals surface area (Å²) in [7, 11) is 0. The minimum atomic E-state index is -0.208. The van der Waals surface area contributed by atoms with Crippen LogP contribution >= 0.6 is 11.8 Å². The Kier molecular flexibility index (Phi) is 3.65. The highest BCUT2D eigenvalue weighted by Gasteiger charge is 2.06. The number of para-hydroxylation sites is 2. The lowest BCUT2D eigenvalue weighted by molar-refractivity contribution is 0.627. The van der Waals surface area contributed by atoms with E-state index in [2.05, 4.69) is 9.97 Å². The second kappa shape index (κ2) is 5.59. The second-order valence-corrected chi connectivity index (χ2v) is 5.48. The quantitative estimate of drug-likeness (QED) is 0.668. The molecule has 0 amide bonds. The Balaban J connectivity index is 1.83. The summed E-state index contributed by atoms with van der Waals surface area (Å²) < 4.78 is 12.9. The molecule has 0 N–H and O–H groups in total. The van der Waals surface area contributed by atoms with Crippen LogP contribution in [-0.2, 0) is 5.75 Å². The van der Waals surface area contributed by atoms with Crippen LogP contribution < -0.4 is 0 Å². The molecule has 100 valence electrons. The van der Waals surface area contributed by atoms with Crippen LogP contribution in [0.1, 0.15) is 11.3 Å². The standard InChI is InChI=1S/C16H13FN2S/c1-11-16(19-15-5-3-2-4-14(15)18-11)20-10-12-6-8-13(17)9-7-12/h2-9H,10H2,1H3. The molecule has 0 atom stereocenters. The van der Waals surface area contributed by atoms with E-state index in [0.717, 1.165) is 33.1 Å². The zero-order chi connectivity index (χ0) is 13.9. The van der Waals surface area contributed by atoms with Crippen molar-refractivity contribution in [1.29, 1.82) is 0 Å². The summed E-state index contributed by atoms with van der Waals surface area (Å²) in [6.07, 6.45) is 0. The topological polar surface area (TPSA) is 25.8 Å². The number of thioether (sulfide) groups is 1. The smallest absolute Gasteiger partial charge is 0.123 e. The first kappa shape index (κ1) is 13.1. The predicted molar refractivity (Wildman–Crippen MR) is 80.2 cm³/mol. The number of rotatable bonds is 3. The minimum absolute atomic E-state index is 0.208. The van der Waals surface area contributed by atoms with Gasteiger partial charge in [0.15, 0.2) is 0 Å². The van der Waals surface area contributed by atoms with E-state index >= 15 is 0 Å². The number of aromatic nitrogens is 2. The maximum absolute atomic E-state index is 12.9. The molecule has 0 fully saturated rings. The van der Waals surface area contributed by atoms with Gasteiger partial charge in [0.05, 0.1) is 16.7 Å². The van der Waals surface area contributed by atoms with Gasteiger partial charge < -0.3 is 0 Å². The third kappa shape index (κ3) is 2.80. The third-order valence-corrected chi connectivity index (χ3v) is 4.13. The van der Waals surface area contributed by atoms with Gasteiger partial charge >= 0.3 is 0 Å². The first-order valence-electron chi connectivity index (χ1n) is 6.33. The highest BCUT2D eigenvalue weighted by molar-refractivity contribution is 7.98. The summed E-state index contributed by atoms with van der Waals surface area (Å²) in [6, 6.07) is 14.4. The lowest BCUT2D eigenvalue weighted by atomic mass is 10.2. The Labute approximate surface area is 121 Å². The van der Waals surface area contributed by atoms with E-state index in [4.69, 9.17) is 0 Å². The number of benzene rings is 2. The number of fused-ring (bicyclic) bond motifs is 1. The van der Waals surface area contributed by atoms with Gasteiger partial charge in [0.25, 0.3) is 0 Å². The van der Waals surface area contributed by atoms with Crippen molar-refractivity contribution < 1.29 is 4.39 Å². The van der Waals surface area contributed by atoms with Crippen molar-refractivity contribution in [2.75, 3.05) is 0 Å². The van der Waals surface area contributed by atoms with Gasteiger partial charge in [-0.1, -0.05) is 36.0 Å². The van der Waals surface area contributed by atoms with Gasteiger partial charge in [-0.15, -0.1) is 0 Å². The van der Waals surface area contributed by atoms with Crippen LogP contribution in [0.2, 0.25) is 0 Å². The van der Waals surface area contributed by atoms with Crippen LogP contribution in [0.5, 0.6) is 0 Å². The Hall–Kier alpha value is -1.94. The lowest BCUT2D eigenvalue weighted by Crippen LogP contribution is -1.93. The minimum Gasteiger partial charge on any atom is -0.249 e. The van der Waals surface area contributed by atoms with Crippen molar-refractivity contribution in [1.82, 2.24) is 9.97 Å². The average Bonchev–Trinajstić information content (AvgIpc) is 2.47. The summed E-state index contributed by atoms with van der Waals surface area (Å²) >= 11 is 1.62. The normalized spacial score (nSPS) is 10.9. The maximum Gasteiger partial charge on any atom is 0.123 e. The number of hydrogen-bond acceptors (Lipinski definition) is 3. The second-order valence-electron chi connectivity index (χ2n) is 4.52. The molecule has 0 radical (unpaired) electrons. The van der Waals surface area contributed by atoms with Gasteiger partial charge in [-0.2, -0.15) is 0 Å². The molecule has 2 aromatic carbocycles. The molecule has 0 spiro atoms. The molecule has 0 aliphatic rings. The number of nitrogens with zero attached hydrogens (tertiary/aromatic N) is 2. The molecular weight excluding hydrogens is 271 g/mol. The SMILES string of the molecule is Cc1nc2ccccc2nc1SCc1ccc(F)cc1. The van der Waals surface area contributed by atoms with Crippen molar-refractivity contribution in [2.24, 2.45) is 0 Å². The molecule has 2 nitrogen and oxygen atoms in total. The van der Waals surface area contributed by atoms with E-state index in [1.54, 1.807) is 23.9 Å². The molecule has 0 aliphatic heterocycles. The molecule has 0 bridgehead atoms. The fourth-order valence-electron chi connectivity index (χ4n) is 1.94. The van der Waals surface area contributed by atoms with E-state index in [1.165, 1.54) is 12.1 Å². The van der Waals surface area contributed by atoms with Crippen molar-refractivity contribution >= 4 is 22.8 Å². The molecule has 0 saturated heterocycles. The molecular formula is C16H13FN2S. The van der Waals surface area contributed by atoms with Crippen LogP contribution in [0.3, 0.4) is 0 Å². The van der Waals surface area contributed by atoms with E-state index in [1.807, 2.05) is 31.2 Å². The lowest BCUT2D eigenvalue weighted by Gasteiger charge is -2.06. The van der Waals surface area contributed by atoms with E-state index in [9.17, 15) is 4.39 Å². The summed E-state index contributed by atoms with van der Waals surface area (Å²) in [4.78, 5) is 9.19. The third-order valence-electron chi connectivity index (χ3n) is 2.99. The number of hydrogen-bond donors (Lipinski definition) is 0. The van der Waals surface area contributed by atoms with E-state index < -0.39 is 0 Å². The van der Waals surface area contributed by atoms with Gasteiger partial charge in [-0.3, -0.25) is 0 Å². The molecule has 4 heteroatoms. The summed E-state index contributed by atoms with van der Waals surface area (Å²) in [6.45, 7) is 1.96. The van der Waals surface area contributed by atoms with E-state index in [-0.39, 0.29) is 5.82 Å². The van der Waals surface area contributed by atoms with E-state index in [0.29, 0.717) is 0 Å². The van der Waals surface area contributed by atoms with Crippen LogP contribution in [0.15, 0.2) is 53.6 Å². The first-order valence-corrected chi connectivity index (χ1v) is 7.31. The highest BCUT2D eigenvalue weighted by atomic mass is 32.2. The van der Waals surface area contributed by atoms with Crippen LogP contribution in [0, 0.1) is 12.7 Å². The fourth-order valence-corrected chi connectivity index (χ4v) is 2.85. The molecule has 0 unspecified atom stereocenters. The predicted octanol–water partition coefficient (Wildman–Crippen LogP) is 4.37. The Morgan fingerprint density at radius 2 is 1.60 bits per heavy atom. The van der Waals surface area contributed by atoms with Gasteiger partial charge in [0, 0.05) is 5.75 Å². The van der Waals surface area contributed by atoms with Crippen molar-refractivity contribution in [2.45, 2.75) is 17.7 Å². The monoisotopic (exact) mass is 284 g/mol. The van der Waals surface area contributed by atoms with Crippen LogP contribution in [-0.4, -0.2) is 9.97 Å². The summed E-state index contributed by atoms with van der Waals surface area (Å²) in [5, 5.41) is 0.924. The fraction of sp³-hybridized carbons (Fsp3) is 0.125. The Morgan fingerprint density at radius 3 is 2.30 bits per heavy atom. The Bertz CT molecular complexity index is 741. The zero-order valence-corrected chi connectivity index (χ0v) is 11.8. The Morgan fingerprint density at radius 1 is 0.950 bits per heavy atom.